The van der Waals surface area contributed by atoms with Crippen LogP contribution in [0.15, 0.2) is 97.1 Å². The summed E-state index contributed by atoms with van der Waals surface area (Å²) in [5.74, 6) is 0. The SMILES string of the molecule is C1=CC(c2ccccc2)(c2ccccc2)c2ccccc2C1. The molecule has 0 fully saturated rings. The Morgan fingerprint density at radius 2 is 1.14 bits per heavy atom. The summed E-state index contributed by atoms with van der Waals surface area (Å²) in [4.78, 5) is 0. The number of rotatable bonds is 2. The molecule has 0 N–H and O–H groups in total. The number of benzene rings is 3. The van der Waals surface area contributed by atoms with Crippen LogP contribution in [0.25, 0.3) is 0 Å². The van der Waals surface area contributed by atoms with Gasteiger partial charge in [-0.1, -0.05) is 97.1 Å². The molecule has 0 spiro atoms. The van der Waals surface area contributed by atoms with E-state index in [2.05, 4.69) is 97.1 Å². The first-order valence-electron chi connectivity index (χ1n) is 7.78. The van der Waals surface area contributed by atoms with E-state index < -0.39 is 0 Å². The van der Waals surface area contributed by atoms with Crippen LogP contribution in [0.5, 0.6) is 0 Å². The average Bonchev–Trinajstić information content (AvgIpc) is 2.63. The van der Waals surface area contributed by atoms with E-state index in [0.29, 0.717) is 0 Å². The third-order valence-corrected chi connectivity index (χ3v) is 4.61. The minimum absolute atomic E-state index is 0.183. The van der Waals surface area contributed by atoms with E-state index in [0.717, 1.165) is 6.42 Å². The molecule has 0 nitrogen and oxygen atoms in total. The monoisotopic (exact) mass is 282 g/mol. The van der Waals surface area contributed by atoms with Gasteiger partial charge in [0.2, 0.25) is 0 Å². The molecule has 0 radical (unpaired) electrons. The van der Waals surface area contributed by atoms with Crippen LogP contribution in [-0.2, 0) is 11.8 Å². The molecule has 0 unspecified atom stereocenters. The molecule has 0 heterocycles. The van der Waals surface area contributed by atoms with E-state index in [1.165, 1.54) is 22.3 Å². The summed E-state index contributed by atoms with van der Waals surface area (Å²) in [7, 11) is 0. The van der Waals surface area contributed by atoms with E-state index in [4.69, 9.17) is 0 Å². The quantitative estimate of drug-likeness (QED) is 0.571. The van der Waals surface area contributed by atoms with Crippen molar-refractivity contribution in [3.63, 3.8) is 0 Å². The van der Waals surface area contributed by atoms with Crippen LogP contribution in [0.3, 0.4) is 0 Å². The van der Waals surface area contributed by atoms with Crippen molar-refractivity contribution in [2.45, 2.75) is 11.8 Å². The van der Waals surface area contributed by atoms with Gasteiger partial charge in [0.1, 0.15) is 0 Å². The van der Waals surface area contributed by atoms with Gasteiger partial charge < -0.3 is 0 Å². The number of fused-ring (bicyclic) bond motifs is 1. The molecule has 0 saturated heterocycles. The van der Waals surface area contributed by atoms with Gasteiger partial charge >= 0.3 is 0 Å². The van der Waals surface area contributed by atoms with Crippen LogP contribution in [-0.4, -0.2) is 0 Å². The fourth-order valence-corrected chi connectivity index (χ4v) is 3.61. The number of allylic oxidation sites excluding steroid dienone is 2. The summed E-state index contributed by atoms with van der Waals surface area (Å²) in [6.07, 6.45) is 5.69. The van der Waals surface area contributed by atoms with Gasteiger partial charge in [-0.15, -0.1) is 0 Å². The smallest absolute Gasteiger partial charge is 0.0635 e. The molecule has 3 aromatic rings. The molecule has 0 aliphatic heterocycles. The summed E-state index contributed by atoms with van der Waals surface area (Å²) >= 11 is 0. The first-order chi connectivity index (χ1) is 10.9. The molecule has 0 saturated carbocycles. The van der Waals surface area contributed by atoms with Gasteiger partial charge in [0.25, 0.3) is 0 Å². The van der Waals surface area contributed by atoms with Crippen molar-refractivity contribution < 1.29 is 0 Å². The van der Waals surface area contributed by atoms with Gasteiger partial charge in [-0.25, -0.2) is 0 Å². The van der Waals surface area contributed by atoms with E-state index in [-0.39, 0.29) is 5.41 Å². The summed E-state index contributed by atoms with van der Waals surface area (Å²) in [6.45, 7) is 0. The molecule has 3 aromatic carbocycles. The Kier molecular flexibility index (Phi) is 3.16. The van der Waals surface area contributed by atoms with Crippen LogP contribution in [0.4, 0.5) is 0 Å². The summed E-state index contributed by atoms with van der Waals surface area (Å²) in [5.41, 5.74) is 5.28. The highest BCUT2D eigenvalue weighted by molar-refractivity contribution is 5.59. The zero-order chi connectivity index (χ0) is 14.8. The van der Waals surface area contributed by atoms with Crippen molar-refractivity contribution in [2.24, 2.45) is 0 Å². The van der Waals surface area contributed by atoms with Gasteiger partial charge in [-0.2, -0.15) is 0 Å². The van der Waals surface area contributed by atoms with Crippen molar-refractivity contribution in [3.8, 4) is 0 Å². The normalized spacial score (nSPS) is 15.3. The molecule has 1 aliphatic carbocycles. The third kappa shape index (κ3) is 1.92. The third-order valence-electron chi connectivity index (χ3n) is 4.61. The Morgan fingerprint density at radius 1 is 0.591 bits per heavy atom. The predicted molar refractivity (Wildman–Crippen MR) is 92.1 cm³/mol. The molecule has 0 aromatic heterocycles. The Bertz CT molecular complexity index is 758. The van der Waals surface area contributed by atoms with E-state index >= 15 is 0 Å². The van der Waals surface area contributed by atoms with Crippen LogP contribution < -0.4 is 0 Å². The Balaban J connectivity index is 2.07. The molecule has 0 heteroatoms. The fourth-order valence-electron chi connectivity index (χ4n) is 3.61. The topological polar surface area (TPSA) is 0 Å². The van der Waals surface area contributed by atoms with Gasteiger partial charge in [0, 0.05) is 0 Å². The summed E-state index contributed by atoms with van der Waals surface area (Å²) in [5, 5.41) is 0. The molecule has 106 valence electrons. The first kappa shape index (κ1) is 13.1. The minimum atomic E-state index is -0.183. The van der Waals surface area contributed by atoms with E-state index in [9.17, 15) is 0 Å². The van der Waals surface area contributed by atoms with Crippen molar-refractivity contribution in [2.75, 3.05) is 0 Å². The fraction of sp³-hybridized carbons (Fsp3) is 0.0909. The zero-order valence-electron chi connectivity index (χ0n) is 12.4. The van der Waals surface area contributed by atoms with Gasteiger partial charge in [0.05, 0.1) is 5.41 Å². The second-order valence-electron chi connectivity index (χ2n) is 5.80. The molecular formula is C22H18. The van der Waals surface area contributed by atoms with Crippen molar-refractivity contribution in [3.05, 3.63) is 119 Å². The van der Waals surface area contributed by atoms with Crippen LogP contribution in [0.2, 0.25) is 0 Å². The largest absolute Gasteiger partial charge is 0.0826 e. The summed E-state index contributed by atoms with van der Waals surface area (Å²) in [6, 6.07) is 30.4. The first-order valence-corrected chi connectivity index (χ1v) is 7.78. The van der Waals surface area contributed by atoms with Crippen LogP contribution >= 0.6 is 0 Å². The highest BCUT2D eigenvalue weighted by Gasteiger charge is 2.36. The highest BCUT2D eigenvalue weighted by Crippen LogP contribution is 2.44. The molecule has 4 rings (SSSR count). The number of hydrogen-bond acceptors (Lipinski definition) is 0. The zero-order valence-corrected chi connectivity index (χ0v) is 12.4. The molecular weight excluding hydrogens is 264 g/mol. The lowest BCUT2D eigenvalue weighted by molar-refractivity contribution is 0.748. The van der Waals surface area contributed by atoms with Gasteiger partial charge in [-0.3, -0.25) is 0 Å². The predicted octanol–water partition coefficient (Wildman–Crippen LogP) is 5.13. The van der Waals surface area contributed by atoms with Gasteiger partial charge in [-0.05, 0) is 28.7 Å². The lowest BCUT2D eigenvalue weighted by atomic mass is 9.65. The van der Waals surface area contributed by atoms with Gasteiger partial charge in [0.15, 0.2) is 0 Å². The maximum atomic E-state index is 2.38. The second kappa shape index (κ2) is 5.31. The lowest BCUT2D eigenvalue weighted by Crippen LogP contribution is -2.30. The van der Waals surface area contributed by atoms with E-state index in [1.54, 1.807) is 0 Å². The van der Waals surface area contributed by atoms with Crippen molar-refractivity contribution in [1.29, 1.82) is 0 Å². The molecule has 1 aliphatic rings. The Labute approximate surface area is 131 Å². The average molecular weight is 282 g/mol. The number of hydrogen-bond donors (Lipinski definition) is 0. The Hall–Kier alpha value is -2.60. The molecule has 22 heavy (non-hydrogen) atoms. The van der Waals surface area contributed by atoms with Crippen LogP contribution in [0, 0.1) is 0 Å². The van der Waals surface area contributed by atoms with Crippen molar-refractivity contribution in [1.82, 2.24) is 0 Å². The minimum Gasteiger partial charge on any atom is -0.0826 e. The highest BCUT2D eigenvalue weighted by atomic mass is 14.4. The van der Waals surface area contributed by atoms with E-state index in [1.807, 2.05) is 0 Å². The molecule has 0 atom stereocenters. The maximum Gasteiger partial charge on any atom is 0.0635 e. The maximum absolute atomic E-state index is 2.38. The second-order valence-corrected chi connectivity index (χ2v) is 5.80. The standard InChI is InChI=1S/C22H18/c1-3-12-19(13-4-1)22(20-14-5-2-6-15-20)17-9-11-18-10-7-8-16-21(18)22/h1-10,12-17H,11H2. The molecule has 0 amide bonds. The Morgan fingerprint density at radius 3 is 1.77 bits per heavy atom. The summed E-state index contributed by atoms with van der Waals surface area (Å²) < 4.78 is 0. The molecule has 0 bridgehead atoms. The van der Waals surface area contributed by atoms with Crippen LogP contribution in [0.1, 0.15) is 22.3 Å². The van der Waals surface area contributed by atoms with Crippen molar-refractivity contribution >= 4 is 0 Å². The lowest BCUT2D eigenvalue weighted by Gasteiger charge is -2.37.